The number of ether oxygens (including phenoxy) is 1. The molecule has 19 heavy (non-hydrogen) atoms. The third kappa shape index (κ3) is 3.14. The molecular formula is C16H12O3. The second-order valence-corrected chi connectivity index (χ2v) is 3.83. The smallest absolute Gasteiger partial charge is 0.236 e. The summed E-state index contributed by atoms with van der Waals surface area (Å²) in [6.45, 7) is 0. The van der Waals surface area contributed by atoms with E-state index in [-0.39, 0.29) is 11.5 Å². The number of carbonyl (C=O) groups is 1. The number of phenols is 1. The van der Waals surface area contributed by atoms with Crippen LogP contribution in [0.2, 0.25) is 0 Å². The zero-order valence-corrected chi connectivity index (χ0v) is 10.4. The Balaban J connectivity index is 2.23. The lowest BCUT2D eigenvalue weighted by molar-refractivity contribution is 0.105. The molecule has 3 nitrogen and oxygen atoms in total. The molecule has 0 atom stereocenters. The van der Waals surface area contributed by atoms with Crippen LogP contribution in [-0.4, -0.2) is 18.0 Å². The molecule has 2 aromatic rings. The van der Waals surface area contributed by atoms with E-state index in [2.05, 4.69) is 11.8 Å². The topological polar surface area (TPSA) is 46.5 Å². The molecule has 1 N–H and O–H groups in total. The Bertz CT molecular complexity index is 649. The van der Waals surface area contributed by atoms with E-state index in [9.17, 15) is 9.90 Å². The quantitative estimate of drug-likeness (QED) is 0.660. The Labute approximate surface area is 111 Å². The van der Waals surface area contributed by atoms with Crippen molar-refractivity contribution in [2.24, 2.45) is 0 Å². The van der Waals surface area contributed by atoms with Crippen molar-refractivity contribution in [3.63, 3.8) is 0 Å². The van der Waals surface area contributed by atoms with Gasteiger partial charge in [0.05, 0.1) is 7.11 Å². The summed E-state index contributed by atoms with van der Waals surface area (Å²) in [5.74, 6) is 5.45. The van der Waals surface area contributed by atoms with Gasteiger partial charge in [-0.25, -0.2) is 0 Å². The third-order valence-corrected chi connectivity index (χ3v) is 2.54. The van der Waals surface area contributed by atoms with Crippen LogP contribution in [0.15, 0.2) is 48.5 Å². The summed E-state index contributed by atoms with van der Waals surface area (Å²) in [5, 5.41) is 9.45. The molecule has 0 aliphatic heterocycles. The number of ketones is 1. The number of hydrogen-bond donors (Lipinski definition) is 1. The number of carbonyl (C=O) groups excluding carboxylic acids is 1. The summed E-state index contributed by atoms with van der Waals surface area (Å²) in [6, 6.07) is 13.6. The lowest BCUT2D eigenvalue weighted by Gasteiger charge is -2.02. The first-order valence-corrected chi connectivity index (χ1v) is 5.69. The van der Waals surface area contributed by atoms with Crippen molar-refractivity contribution < 1.29 is 14.6 Å². The largest absolute Gasteiger partial charge is 0.504 e. The lowest BCUT2D eigenvalue weighted by atomic mass is 10.1. The number of methoxy groups -OCH3 is 1. The Hall–Kier alpha value is -2.73. The second-order valence-electron chi connectivity index (χ2n) is 3.83. The zero-order chi connectivity index (χ0) is 13.7. The molecule has 0 bridgehead atoms. The van der Waals surface area contributed by atoms with Gasteiger partial charge in [0, 0.05) is 11.1 Å². The fourth-order valence-electron chi connectivity index (χ4n) is 1.55. The SMILES string of the molecule is COc1cc(C#CC(=O)c2ccccc2)ccc1O. The summed E-state index contributed by atoms with van der Waals surface area (Å²) in [5.41, 5.74) is 1.17. The number of rotatable bonds is 2. The molecule has 94 valence electrons. The van der Waals surface area contributed by atoms with E-state index in [1.807, 2.05) is 6.07 Å². The summed E-state index contributed by atoms with van der Waals surface area (Å²) < 4.78 is 4.97. The summed E-state index contributed by atoms with van der Waals surface area (Å²) in [6.07, 6.45) is 0. The molecule has 0 unspecified atom stereocenters. The van der Waals surface area contributed by atoms with Crippen molar-refractivity contribution in [2.45, 2.75) is 0 Å². The van der Waals surface area contributed by atoms with Crippen LogP contribution in [0.3, 0.4) is 0 Å². The second kappa shape index (κ2) is 5.74. The van der Waals surface area contributed by atoms with Crippen molar-refractivity contribution in [3.05, 3.63) is 59.7 Å². The Morgan fingerprint density at radius 2 is 1.89 bits per heavy atom. The van der Waals surface area contributed by atoms with Crippen LogP contribution in [0.4, 0.5) is 0 Å². The Morgan fingerprint density at radius 3 is 2.58 bits per heavy atom. The van der Waals surface area contributed by atoms with Gasteiger partial charge < -0.3 is 9.84 Å². The van der Waals surface area contributed by atoms with Gasteiger partial charge in [-0.05, 0) is 24.1 Å². The minimum absolute atomic E-state index is 0.0439. The van der Waals surface area contributed by atoms with Crippen LogP contribution in [0.5, 0.6) is 11.5 Å². The predicted octanol–water partition coefficient (Wildman–Crippen LogP) is 2.64. The van der Waals surface area contributed by atoms with Gasteiger partial charge in [0.1, 0.15) is 0 Å². The van der Waals surface area contributed by atoms with Crippen LogP contribution >= 0.6 is 0 Å². The first-order valence-electron chi connectivity index (χ1n) is 5.69. The monoisotopic (exact) mass is 252 g/mol. The molecule has 2 aromatic carbocycles. The maximum absolute atomic E-state index is 11.8. The number of aromatic hydroxyl groups is 1. The molecule has 0 radical (unpaired) electrons. The number of hydrogen-bond acceptors (Lipinski definition) is 3. The molecule has 3 heteroatoms. The van der Waals surface area contributed by atoms with Gasteiger partial charge >= 0.3 is 0 Å². The van der Waals surface area contributed by atoms with Gasteiger partial charge in [-0.15, -0.1) is 0 Å². The van der Waals surface area contributed by atoms with Crippen LogP contribution in [0.25, 0.3) is 0 Å². The maximum Gasteiger partial charge on any atom is 0.236 e. The Morgan fingerprint density at radius 1 is 1.16 bits per heavy atom. The minimum Gasteiger partial charge on any atom is -0.504 e. The van der Waals surface area contributed by atoms with Crippen LogP contribution in [-0.2, 0) is 0 Å². The van der Waals surface area contributed by atoms with E-state index in [0.29, 0.717) is 16.9 Å². The molecule has 0 aromatic heterocycles. The fourth-order valence-corrected chi connectivity index (χ4v) is 1.55. The molecule has 0 spiro atoms. The molecule has 2 rings (SSSR count). The van der Waals surface area contributed by atoms with Crippen LogP contribution in [0, 0.1) is 11.8 Å². The molecule has 0 heterocycles. The van der Waals surface area contributed by atoms with Crippen molar-refractivity contribution in [2.75, 3.05) is 7.11 Å². The average Bonchev–Trinajstić information content (AvgIpc) is 2.47. The van der Waals surface area contributed by atoms with E-state index >= 15 is 0 Å². The van der Waals surface area contributed by atoms with Crippen molar-refractivity contribution in [1.29, 1.82) is 0 Å². The standard InChI is InChI=1S/C16H12O3/c1-19-16-11-12(8-10-15(16)18)7-9-14(17)13-5-3-2-4-6-13/h2-6,8,10-11,18H,1H3. The highest BCUT2D eigenvalue weighted by Crippen LogP contribution is 2.25. The minimum atomic E-state index is -0.243. The van der Waals surface area contributed by atoms with E-state index < -0.39 is 0 Å². The summed E-state index contributed by atoms with van der Waals surface area (Å²) in [7, 11) is 1.46. The third-order valence-electron chi connectivity index (χ3n) is 2.54. The first-order chi connectivity index (χ1) is 9.20. The number of Topliss-reactive ketones (excluding diaryl/α,β-unsaturated/α-hetero) is 1. The van der Waals surface area contributed by atoms with Crippen molar-refractivity contribution in [1.82, 2.24) is 0 Å². The maximum atomic E-state index is 11.8. The molecule has 0 aliphatic carbocycles. The summed E-state index contributed by atoms with van der Waals surface area (Å²) in [4.78, 5) is 11.8. The van der Waals surface area contributed by atoms with Crippen molar-refractivity contribution >= 4 is 5.78 Å². The van der Waals surface area contributed by atoms with E-state index in [1.165, 1.54) is 13.2 Å². The number of benzene rings is 2. The zero-order valence-electron chi connectivity index (χ0n) is 10.4. The highest BCUT2D eigenvalue weighted by atomic mass is 16.5. The lowest BCUT2D eigenvalue weighted by Crippen LogP contribution is -1.93. The Kier molecular flexibility index (Phi) is 3.84. The van der Waals surface area contributed by atoms with Crippen molar-refractivity contribution in [3.8, 4) is 23.3 Å². The van der Waals surface area contributed by atoms with Gasteiger partial charge in [0.2, 0.25) is 5.78 Å². The van der Waals surface area contributed by atoms with Crippen LogP contribution < -0.4 is 4.74 Å². The summed E-state index contributed by atoms with van der Waals surface area (Å²) >= 11 is 0. The molecule has 0 amide bonds. The van der Waals surface area contributed by atoms with Gasteiger partial charge in [0.15, 0.2) is 11.5 Å². The highest BCUT2D eigenvalue weighted by Gasteiger charge is 2.02. The highest BCUT2D eigenvalue weighted by molar-refractivity contribution is 6.09. The van der Waals surface area contributed by atoms with Gasteiger partial charge in [0.25, 0.3) is 0 Å². The average molecular weight is 252 g/mol. The van der Waals surface area contributed by atoms with E-state index in [4.69, 9.17) is 4.74 Å². The van der Waals surface area contributed by atoms with E-state index in [1.54, 1.807) is 36.4 Å². The molecule has 0 aliphatic rings. The van der Waals surface area contributed by atoms with E-state index in [0.717, 1.165) is 0 Å². The van der Waals surface area contributed by atoms with Gasteiger partial charge in [-0.3, -0.25) is 4.79 Å². The fraction of sp³-hybridized carbons (Fsp3) is 0.0625. The molecule has 0 fully saturated rings. The number of phenolic OH excluding ortho intramolecular Hbond substituents is 1. The normalized spacial score (nSPS) is 9.32. The molecular weight excluding hydrogens is 240 g/mol. The van der Waals surface area contributed by atoms with Gasteiger partial charge in [-0.1, -0.05) is 36.3 Å². The predicted molar refractivity (Wildman–Crippen MR) is 72.3 cm³/mol. The first kappa shape index (κ1) is 12.7. The van der Waals surface area contributed by atoms with Crippen LogP contribution in [0.1, 0.15) is 15.9 Å². The molecule has 0 saturated carbocycles. The van der Waals surface area contributed by atoms with Gasteiger partial charge in [-0.2, -0.15) is 0 Å². The molecule has 0 saturated heterocycles.